The van der Waals surface area contributed by atoms with Crippen molar-refractivity contribution in [2.24, 2.45) is 5.92 Å². The minimum absolute atomic E-state index is 0.0398. The van der Waals surface area contributed by atoms with E-state index in [-0.39, 0.29) is 17.9 Å². The highest BCUT2D eigenvalue weighted by atomic mass is 32.2. The van der Waals surface area contributed by atoms with Gasteiger partial charge in [0.25, 0.3) is 0 Å². The number of hydrogen-bond donors (Lipinski definition) is 3. The molecule has 1 saturated carbocycles. The molecule has 0 saturated heterocycles. The van der Waals surface area contributed by atoms with E-state index in [2.05, 4.69) is 15.6 Å². The number of sulfonamides is 1. The summed E-state index contributed by atoms with van der Waals surface area (Å²) in [5.74, 6) is -0.504. The van der Waals surface area contributed by atoms with E-state index in [4.69, 9.17) is 4.74 Å². The number of fused-ring (bicyclic) bond motifs is 1. The quantitative estimate of drug-likeness (QED) is 0.491. The molecule has 3 rings (SSSR count). The SMILES string of the molecule is COC(=O)c1c(NC(=O)C2CC2)sc2c1CC(NNS(C)(=O)=O)CC2. The van der Waals surface area contributed by atoms with Crippen LogP contribution in [0, 0.1) is 5.92 Å². The molecule has 0 radical (unpaired) electrons. The number of rotatable bonds is 6. The molecular formula is C15H21N3O5S2. The summed E-state index contributed by atoms with van der Waals surface area (Å²) < 4.78 is 27.4. The molecule has 0 bridgehead atoms. The van der Waals surface area contributed by atoms with Gasteiger partial charge in [-0.05, 0) is 37.7 Å². The van der Waals surface area contributed by atoms with Gasteiger partial charge in [0.2, 0.25) is 15.9 Å². The maximum Gasteiger partial charge on any atom is 0.341 e. The predicted molar refractivity (Wildman–Crippen MR) is 93.9 cm³/mol. The number of hydrogen-bond acceptors (Lipinski definition) is 7. The summed E-state index contributed by atoms with van der Waals surface area (Å²) in [6.07, 6.45) is 4.75. The number of anilines is 1. The molecule has 2 aliphatic rings. The third kappa shape index (κ3) is 4.38. The lowest BCUT2D eigenvalue weighted by atomic mass is 9.92. The fourth-order valence-corrected chi connectivity index (χ4v) is 4.48. The first-order valence-electron chi connectivity index (χ1n) is 8.04. The van der Waals surface area contributed by atoms with Gasteiger partial charge in [-0.15, -0.1) is 11.3 Å². The molecule has 1 unspecified atom stereocenters. The predicted octanol–water partition coefficient (Wildman–Crippen LogP) is 0.794. The first-order valence-corrected chi connectivity index (χ1v) is 10.7. The summed E-state index contributed by atoms with van der Waals surface area (Å²) in [4.78, 5) is 27.7. The van der Waals surface area contributed by atoms with Crippen LogP contribution in [-0.4, -0.2) is 39.7 Å². The number of carbonyl (C=O) groups excluding carboxylic acids is 2. The van der Waals surface area contributed by atoms with Crippen molar-refractivity contribution in [2.75, 3.05) is 18.7 Å². The second-order valence-electron chi connectivity index (χ2n) is 6.42. The Morgan fingerprint density at radius 2 is 1.96 bits per heavy atom. The summed E-state index contributed by atoms with van der Waals surface area (Å²) in [6, 6.07) is -0.132. The number of hydrazine groups is 1. The lowest BCUT2D eigenvalue weighted by Gasteiger charge is -2.23. The molecule has 2 aliphatic carbocycles. The van der Waals surface area contributed by atoms with E-state index in [0.717, 1.165) is 36.0 Å². The minimum atomic E-state index is -3.35. The molecule has 10 heteroatoms. The third-order valence-corrected chi connectivity index (χ3v) is 5.98. The number of thiophene rings is 1. The Labute approximate surface area is 150 Å². The van der Waals surface area contributed by atoms with Crippen molar-refractivity contribution in [3.05, 3.63) is 16.0 Å². The van der Waals surface area contributed by atoms with Crippen molar-refractivity contribution in [1.82, 2.24) is 10.3 Å². The Morgan fingerprint density at radius 1 is 1.24 bits per heavy atom. The molecule has 8 nitrogen and oxygen atoms in total. The zero-order chi connectivity index (χ0) is 18.2. The van der Waals surface area contributed by atoms with Crippen LogP contribution in [0.4, 0.5) is 5.00 Å². The Kier molecular flexibility index (Phi) is 5.14. The van der Waals surface area contributed by atoms with Crippen molar-refractivity contribution < 1.29 is 22.7 Å². The Balaban J connectivity index is 1.82. The fourth-order valence-electron chi connectivity index (χ4n) is 2.86. The smallest absolute Gasteiger partial charge is 0.341 e. The molecule has 1 aromatic rings. The van der Waals surface area contributed by atoms with Gasteiger partial charge in [0, 0.05) is 16.8 Å². The van der Waals surface area contributed by atoms with Crippen LogP contribution in [0.2, 0.25) is 0 Å². The molecule has 0 aliphatic heterocycles. The first kappa shape index (κ1) is 18.3. The van der Waals surface area contributed by atoms with E-state index >= 15 is 0 Å². The van der Waals surface area contributed by atoms with Crippen LogP contribution in [0.3, 0.4) is 0 Å². The van der Waals surface area contributed by atoms with Crippen LogP contribution >= 0.6 is 11.3 Å². The standard InChI is InChI=1S/C15H21N3O5S2/c1-23-15(20)12-10-7-9(17-18-25(2,21)22)5-6-11(10)24-14(12)16-13(19)8-3-4-8/h8-9,17-18H,3-7H2,1-2H3,(H,16,19). The maximum absolute atomic E-state index is 12.3. The van der Waals surface area contributed by atoms with Crippen molar-refractivity contribution in [3.63, 3.8) is 0 Å². The molecule has 0 spiro atoms. The third-order valence-electron chi connectivity index (χ3n) is 4.28. The van der Waals surface area contributed by atoms with Gasteiger partial charge in [0.15, 0.2) is 0 Å². The molecule has 25 heavy (non-hydrogen) atoms. The number of carbonyl (C=O) groups is 2. The van der Waals surface area contributed by atoms with E-state index in [1.165, 1.54) is 18.4 Å². The van der Waals surface area contributed by atoms with E-state index in [9.17, 15) is 18.0 Å². The fraction of sp³-hybridized carbons (Fsp3) is 0.600. The van der Waals surface area contributed by atoms with Crippen LogP contribution in [0.5, 0.6) is 0 Å². The summed E-state index contributed by atoms with van der Waals surface area (Å²) in [7, 11) is -2.04. The van der Waals surface area contributed by atoms with Crippen molar-refractivity contribution >= 4 is 38.2 Å². The van der Waals surface area contributed by atoms with Crippen LogP contribution in [0.1, 0.15) is 40.1 Å². The van der Waals surface area contributed by atoms with Gasteiger partial charge in [-0.1, -0.05) is 0 Å². The molecular weight excluding hydrogens is 366 g/mol. The molecule has 138 valence electrons. The number of ether oxygens (including phenoxy) is 1. The summed E-state index contributed by atoms with van der Waals surface area (Å²) in [5.41, 5.74) is 4.00. The topological polar surface area (TPSA) is 114 Å². The monoisotopic (exact) mass is 387 g/mol. The number of aryl methyl sites for hydroxylation is 1. The van der Waals surface area contributed by atoms with Gasteiger partial charge >= 0.3 is 5.97 Å². The van der Waals surface area contributed by atoms with Crippen LogP contribution in [-0.2, 0) is 32.4 Å². The van der Waals surface area contributed by atoms with Crippen LogP contribution in [0.25, 0.3) is 0 Å². The summed E-state index contributed by atoms with van der Waals surface area (Å²) in [6.45, 7) is 0. The largest absolute Gasteiger partial charge is 0.465 e. The summed E-state index contributed by atoms with van der Waals surface area (Å²) in [5, 5.41) is 3.40. The lowest BCUT2D eigenvalue weighted by Crippen LogP contribution is -2.46. The average Bonchev–Trinajstić information content (AvgIpc) is 3.34. The van der Waals surface area contributed by atoms with Gasteiger partial charge < -0.3 is 10.1 Å². The van der Waals surface area contributed by atoms with Crippen molar-refractivity contribution in [2.45, 2.75) is 38.1 Å². The van der Waals surface area contributed by atoms with Crippen LogP contribution in [0.15, 0.2) is 0 Å². The van der Waals surface area contributed by atoms with Crippen molar-refractivity contribution in [3.8, 4) is 0 Å². The van der Waals surface area contributed by atoms with Gasteiger partial charge in [-0.25, -0.2) is 18.6 Å². The average molecular weight is 387 g/mol. The lowest BCUT2D eigenvalue weighted by molar-refractivity contribution is -0.117. The maximum atomic E-state index is 12.3. The zero-order valence-corrected chi connectivity index (χ0v) is 15.7. The van der Waals surface area contributed by atoms with Gasteiger partial charge in [-0.2, -0.15) is 4.83 Å². The van der Waals surface area contributed by atoms with Crippen molar-refractivity contribution in [1.29, 1.82) is 0 Å². The number of amides is 1. The highest BCUT2D eigenvalue weighted by Crippen LogP contribution is 2.40. The second kappa shape index (κ2) is 7.02. The van der Waals surface area contributed by atoms with E-state index in [0.29, 0.717) is 23.4 Å². The minimum Gasteiger partial charge on any atom is -0.465 e. The molecule has 1 atom stereocenters. The molecule has 1 amide bonds. The van der Waals surface area contributed by atoms with Gasteiger partial charge in [0.1, 0.15) is 5.00 Å². The summed E-state index contributed by atoms with van der Waals surface area (Å²) >= 11 is 1.41. The molecule has 1 aromatic heterocycles. The second-order valence-corrected chi connectivity index (χ2v) is 9.27. The normalized spacial score (nSPS) is 20.0. The number of esters is 1. The van der Waals surface area contributed by atoms with E-state index in [1.54, 1.807) is 0 Å². The number of nitrogens with one attached hydrogen (secondary N) is 3. The molecule has 1 fully saturated rings. The Hall–Kier alpha value is -1.49. The molecule has 1 heterocycles. The first-order chi connectivity index (χ1) is 11.8. The highest BCUT2D eigenvalue weighted by Gasteiger charge is 2.34. The Morgan fingerprint density at radius 3 is 2.56 bits per heavy atom. The van der Waals surface area contributed by atoms with E-state index in [1.807, 2.05) is 0 Å². The Bertz CT molecular complexity index is 798. The van der Waals surface area contributed by atoms with Gasteiger partial charge in [0.05, 0.1) is 18.9 Å². The van der Waals surface area contributed by atoms with Gasteiger partial charge in [-0.3, -0.25) is 4.79 Å². The van der Waals surface area contributed by atoms with Crippen LogP contribution < -0.4 is 15.6 Å². The number of methoxy groups -OCH3 is 1. The highest BCUT2D eigenvalue weighted by molar-refractivity contribution is 7.88. The molecule has 0 aromatic carbocycles. The zero-order valence-electron chi connectivity index (χ0n) is 14.0. The molecule has 3 N–H and O–H groups in total. The van der Waals surface area contributed by atoms with E-state index < -0.39 is 16.0 Å².